The second kappa shape index (κ2) is 8.36. The van der Waals surface area contributed by atoms with Gasteiger partial charge in [0.15, 0.2) is 5.82 Å². The molecular weight excluding hydrogens is 391 g/mol. The number of halogens is 1. The fourth-order valence-corrected chi connectivity index (χ4v) is 3.74. The zero-order valence-corrected chi connectivity index (χ0v) is 16.2. The van der Waals surface area contributed by atoms with Crippen LogP contribution in [0.4, 0.5) is 4.39 Å². The van der Waals surface area contributed by atoms with Gasteiger partial charge in [-0.15, -0.1) is 10.2 Å². The number of rotatable bonds is 7. The minimum Gasteiger partial charge on any atom is -0.361 e. The predicted octanol–water partition coefficient (Wildman–Crippen LogP) is 2.73. The number of carbonyl (C=O) groups excluding carboxylic acids is 1. The first kappa shape index (κ1) is 19.0. The zero-order valence-electron chi connectivity index (χ0n) is 15.4. The van der Waals surface area contributed by atoms with Gasteiger partial charge in [0.1, 0.15) is 5.82 Å². The minimum atomic E-state index is -0.432. The molecule has 0 bridgehead atoms. The predicted molar refractivity (Wildman–Crippen MR) is 111 cm³/mol. The molecule has 4 N–H and O–H groups in total. The van der Waals surface area contributed by atoms with E-state index in [9.17, 15) is 9.18 Å². The van der Waals surface area contributed by atoms with Gasteiger partial charge in [-0.1, -0.05) is 42.1 Å². The minimum absolute atomic E-state index is 0.134. The Morgan fingerprint density at radius 3 is 2.83 bits per heavy atom. The van der Waals surface area contributed by atoms with Gasteiger partial charge in [-0.05, 0) is 30.2 Å². The molecule has 0 aliphatic heterocycles. The number of nitrogens with one attached hydrogen (secondary N) is 2. The molecule has 1 amide bonds. The number of nitrogens with two attached hydrogens (primary N) is 1. The second-order valence-corrected chi connectivity index (χ2v) is 7.35. The van der Waals surface area contributed by atoms with E-state index in [2.05, 4.69) is 26.6 Å². The van der Waals surface area contributed by atoms with Crippen molar-refractivity contribution in [3.63, 3.8) is 0 Å². The van der Waals surface area contributed by atoms with Gasteiger partial charge >= 0.3 is 0 Å². The number of fused-ring (bicyclic) bond motifs is 1. The third-order valence-corrected chi connectivity index (χ3v) is 5.45. The van der Waals surface area contributed by atoms with Crippen LogP contribution in [0.5, 0.6) is 0 Å². The third-order valence-electron chi connectivity index (χ3n) is 4.50. The molecule has 2 heterocycles. The maximum atomic E-state index is 13.9. The number of nitrogen functional groups attached to an aromatic ring is 1. The van der Waals surface area contributed by atoms with Crippen LogP contribution < -0.4 is 11.2 Å². The summed E-state index contributed by atoms with van der Waals surface area (Å²) < 4.78 is 15.1. The Labute approximate surface area is 170 Å². The number of hydrogen-bond donors (Lipinski definition) is 3. The fraction of sp³-hybridized carbons (Fsp3) is 0.150. The number of carbonyl (C=O) groups is 1. The molecule has 4 rings (SSSR count). The lowest BCUT2D eigenvalue weighted by Crippen LogP contribution is -2.27. The molecule has 29 heavy (non-hydrogen) atoms. The van der Waals surface area contributed by atoms with Crippen LogP contribution in [0.25, 0.3) is 22.3 Å². The van der Waals surface area contributed by atoms with E-state index < -0.39 is 5.82 Å². The smallest absolute Gasteiger partial charge is 0.230 e. The van der Waals surface area contributed by atoms with Crippen LogP contribution in [0.2, 0.25) is 0 Å². The van der Waals surface area contributed by atoms with Crippen molar-refractivity contribution < 1.29 is 9.18 Å². The highest BCUT2D eigenvalue weighted by Gasteiger charge is 2.16. The molecule has 0 aliphatic rings. The lowest BCUT2D eigenvalue weighted by atomic mass is 10.1. The fourth-order valence-electron chi connectivity index (χ4n) is 3.06. The monoisotopic (exact) mass is 410 g/mol. The molecule has 2 aromatic heterocycles. The summed E-state index contributed by atoms with van der Waals surface area (Å²) in [7, 11) is 0. The number of amides is 1. The first-order valence-corrected chi connectivity index (χ1v) is 10.0. The molecule has 0 saturated heterocycles. The first-order valence-electron chi connectivity index (χ1n) is 9.03. The van der Waals surface area contributed by atoms with E-state index in [-0.39, 0.29) is 23.0 Å². The molecule has 2 aromatic carbocycles. The van der Waals surface area contributed by atoms with E-state index in [1.165, 1.54) is 10.7 Å². The highest BCUT2D eigenvalue weighted by atomic mass is 32.2. The number of H-pyrrole nitrogens is 1. The van der Waals surface area contributed by atoms with Crippen LogP contribution in [0.3, 0.4) is 0 Å². The van der Waals surface area contributed by atoms with Crippen molar-refractivity contribution in [3.8, 4) is 11.4 Å². The molecule has 9 heteroatoms. The Kier molecular flexibility index (Phi) is 5.48. The van der Waals surface area contributed by atoms with Crippen LogP contribution in [-0.2, 0) is 11.2 Å². The van der Waals surface area contributed by atoms with Crippen molar-refractivity contribution in [2.24, 2.45) is 0 Å². The Morgan fingerprint density at radius 2 is 1.97 bits per heavy atom. The molecule has 148 valence electrons. The zero-order chi connectivity index (χ0) is 20.2. The standard InChI is InChI=1S/C20H19FN6OS/c21-16-7-3-1-6-15(16)19-25-26-20(27(19)22)29-12-18(28)23-10-9-13-11-24-17-8-4-2-5-14(13)17/h1-8,11,24H,9-10,12,22H2,(H,23,28). The number of nitrogens with zero attached hydrogens (tertiary/aromatic N) is 3. The van der Waals surface area contributed by atoms with Crippen molar-refractivity contribution >= 4 is 28.6 Å². The summed E-state index contributed by atoms with van der Waals surface area (Å²) in [4.78, 5) is 15.4. The molecule has 0 unspecified atom stereocenters. The third kappa shape index (κ3) is 4.09. The molecular formula is C20H19FN6OS. The van der Waals surface area contributed by atoms with Crippen LogP contribution >= 0.6 is 11.8 Å². The molecule has 0 fully saturated rings. The number of benzene rings is 2. The van der Waals surface area contributed by atoms with Gasteiger partial charge in [-0.2, -0.15) is 0 Å². The molecule has 0 radical (unpaired) electrons. The van der Waals surface area contributed by atoms with Gasteiger partial charge in [0, 0.05) is 23.6 Å². The van der Waals surface area contributed by atoms with Crippen LogP contribution in [0.15, 0.2) is 59.9 Å². The molecule has 4 aromatic rings. The van der Waals surface area contributed by atoms with Gasteiger partial charge < -0.3 is 16.1 Å². The maximum absolute atomic E-state index is 13.9. The summed E-state index contributed by atoms with van der Waals surface area (Å²) >= 11 is 1.15. The first-order chi connectivity index (χ1) is 14.1. The van der Waals surface area contributed by atoms with Gasteiger partial charge in [0.25, 0.3) is 0 Å². The molecule has 0 aliphatic carbocycles. The Bertz CT molecular complexity index is 1150. The van der Waals surface area contributed by atoms with Crippen LogP contribution in [-0.4, -0.2) is 38.1 Å². The second-order valence-electron chi connectivity index (χ2n) is 6.40. The number of aromatic nitrogens is 4. The van der Waals surface area contributed by atoms with Gasteiger partial charge in [0.05, 0.1) is 11.3 Å². The SMILES string of the molecule is Nn1c(SCC(=O)NCCc2c[nH]c3ccccc23)nnc1-c1ccccc1F. The molecule has 0 atom stereocenters. The van der Waals surface area contributed by atoms with Crippen LogP contribution in [0, 0.1) is 5.82 Å². The van der Waals surface area contributed by atoms with Crippen LogP contribution in [0.1, 0.15) is 5.56 Å². The van der Waals surface area contributed by atoms with Crippen molar-refractivity contribution in [1.82, 2.24) is 25.2 Å². The van der Waals surface area contributed by atoms with E-state index >= 15 is 0 Å². The van der Waals surface area contributed by atoms with E-state index in [1.54, 1.807) is 18.2 Å². The van der Waals surface area contributed by atoms with Crippen molar-refractivity contribution in [2.45, 2.75) is 11.6 Å². The average molecular weight is 410 g/mol. The summed E-state index contributed by atoms with van der Waals surface area (Å²) in [6.45, 7) is 0.525. The summed E-state index contributed by atoms with van der Waals surface area (Å²) in [5, 5.41) is 12.3. The average Bonchev–Trinajstić information content (AvgIpc) is 3.31. The summed E-state index contributed by atoms with van der Waals surface area (Å²) in [5.74, 6) is 5.76. The lowest BCUT2D eigenvalue weighted by molar-refractivity contribution is -0.118. The molecule has 7 nitrogen and oxygen atoms in total. The Hall–Kier alpha value is -3.33. The number of para-hydroxylation sites is 1. The van der Waals surface area contributed by atoms with E-state index in [0.717, 1.165) is 34.6 Å². The van der Waals surface area contributed by atoms with E-state index in [0.29, 0.717) is 11.7 Å². The largest absolute Gasteiger partial charge is 0.361 e. The molecule has 0 saturated carbocycles. The van der Waals surface area contributed by atoms with Gasteiger partial charge in [-0.3, -0.25) is 4.79 Å². The maximum Gasteiger partial charge on any atom is 0.230 e. The van der Waals surface area contributed by atoms with Crippen molar-refractivity contribution in [3.05, 3.63) is 66.1 Å². The van der Waals surface area contributed by atoms with E-state index in [4.69, 9.17) is 5.84 Å². The summed E-state index contributed by atoms with van der Waals surface area (Å²) in [5.41, 5.74) is 2.50. The summed E-state index contributed by atoms with van der Waals surface area (Å²) in [6.07, 6.45) is 2.69. The van der Waals surface area contributed by atoms with Crippen molar-refractivity contribution in [2.75, 3.05) is 18.1 Å². The Morgan fingerprint density at radius 1 is 1.17 bits per heavy atom. The quantitative estimate of drug-likeness (QED) is 0.321. The van der Waals surface area contributed by atoms with E-state index in [1.807, 2.05) is 24.4 Å². The van der Waals surface area contributed by atoms with Gasteiger partial charge in [-0.25, -0.2) is 9.07 Å². The highest BCUT2D eigenvalue weighted by molar-refractivity contribution is 7.99. The number of thioether (sulfide) groups is 1. The number of aromatic amines is 1. The molecule has 0 spiro atoms. The van der Waals surface area contributed by atoms with Crippen molar-refractivity contribution in [1.29, 1.82) is 0 Å². The topological polar surface area (TPSA) is 102 Å². The summed E-state index contributed by atoms with van der Waals surface area (Å²) in [6, 6.07) is 14.2. The Balaban J connectivity index is 1.30. The van der Waals surface area contributed by atoms with Gasteiger partial charge in [0.2, 0.25) is 11.1 Å². The lowest BCUT2D eigenvalue weighted by Gasteiger charge is -2.06. The normalized spacial score (nSPS) is 11.1. The highest BCUT2D eigenvalue weighted by Crippen LogP contribution is 2.23. The number of hydrogen-bond acceptors (Lipinski definition) is 5.